The van der Waals surface area contributed by atoms with Gasteiger partial charge in [0.25, 0.3) is 11.7 Å². The van der Waals surface area contributed by atoms with Crippen LogP contribution >= 0.6 is 15.9 Å². The quantitative estimate of drug-likeness (QED) is 0.397. The Morgan fingerprint density at radius 2 is 1.77 bits per heavy atom. The van der Waals surface area contributed by atoms with Gasteiger partial charge in [0.1, 0.15) is 19.0 Å². The second-order valence-electron chi connectivity index (χ2n) is 7.71. The van der Waals surface area contributed by atoms with E-state index in [0.717, 1.165) is 10.0 Å². The number of ether oxygens (including phenoxy) is 2. The number of fused-ring (bicyclic) bond motifs is 1. The van der Waals surface area contributed by atoms with Gasteiger partial charge in [-0.15, -0.1) is 0 Å². The molecule has 1 saturated heterocycles. The van der Waals surface area contributed by atoms with E-state index in [2.05, 4.69) is 15.9 Å². The highest BCUT2D eigenvalue weighted by atomic mass is 79.9. The molecule has 0 aromatic heterocycles. The summed E-state index contributed by atoms with van der Waals surface area (Å²) in [5.41, 5.74) is 1.22. The van der Waals surface area contributed by atoms with Crippen molar-refractivity contribution in [1.82, 2.24) is 9.80 Å². The molecule has 0 aliphatic carbocycles. The summed E-state index contributed by atoms with van der Waals surface area (Å²) in [6, 6.07) is 11.7. The number of aliphatic hydroxyl groups excluding tert-OH is 1. The first-order valence-electron chi connectivity index (χ1n) is 9.95. The van der Waals surface area contributed by atoms with Crippen molar-refractivity contribution in [2.75, 3.05) is 40.4 Å². The highest BCUT2D eigenvalue weighted by Crippen LogP contribution is 2.41. The number of carbonyl (C=O) groups excluding carboxylic acids is 2. The van der Waals surface area contributed by atoms with Crippen LogP contribution < -0.4 is 9.47 Å². The molecule has 31 heavy (non-hydrogen) atoms. The third-order valence-electron chi connectivity index (χ3n) is 5.33. The molecule has 0 radical (unpaired) electrons. The Morgan fingerprint density at radius 1 is 1.10 bits per heavy atom. The summed E-state index contributed by atoms with van der Waals surface area (Å²) in [4.78, 5) is 29.4. The molecule has 1 unspecified atom stereocenters. The molecule has 2 aliphatic heterocycles. The van der Waals surface area contributed by atoms with Gasteiger partial charge in [0.05, 0.1) is 11.6 Å². The smallest absolute Gasteiger partial charge is 0.295 e. The van der Waals surface area contributed by atoms with Crippen LogP contribution in [0, 0.1) is 0 Å². The van der Waals surface area contributed by atoms with Crippen LogP contribution in [-0.4, -0.2) is 67.0 Å². The van der Waals surface area contributed by atoms with Crippen LogP contribution in [0.1, 0.15) is 17.2 Å². The molecule has 8 heteroatoms. The number of Topliss-reactive ketones (excluding diaryl/α,β-unsaturated/α-hetero) is 1. The molecule has 2 aromatic carbocycles. The van der Waals surface area contributed by atoms with Crippen LogP contribution in [0.2, 0.25) is 0 Å². The molecule has 1 amide bonds. The van der Waals surface area contributed by atoms with Crippen LogP contribution in [0.4, 0.5) is 0 Å². The molecule has 2 heterocycles. The summed E-state index contributed by atoms with van der Waals surface area (Å²) in [5, 5.41) is 11.2. The molecular formula is C23H23BrN2O5. The van der Waals surface area contributed by atoms with E-state index in [4.69, 9.17) is 9.47 Å². The van der Waals surface area contributed by atoms with Crippen molar-refractivity contribution in [1.29, 1.82) is 0 Å². The Hall–Kier alpha value is -2.84. The van der Waals surface area contributed by atoms with Gasteiger partial charge in [0, 0.05) is 23.1 Å². The van der Waals surface area contributed by atoms with Crippen LogP contribution in [0.15, 0.2) is 52.5 Å². The second-order valence-corrected chi connectivity index (χ2v) is 8.62. The molecule has 0 spiro atoms. The number of benzene rings is 2. The topological polar surface area (TPSA) is 79.3 Å². The van der Waals surface area contributed by atoms with E-state index in [1.165, 1.54) is 4.90 Å². The maximum Gasteiger partial charge on any atom is 0.295 e. The number of likely N-dealkylation sites (N-methyl/N-ethyl adjacent to an activating group) is 1. The van der Waals surface area contributed by atoms with Gasteiger partial charge < -0.3 is 24.4 Å². The van der Waals surface area contributed by atoms with E-state index in [-0.39, 0.29) is 11.3 Å². The first-order chi connectivity index (χ1) is 14.9. The van der Waals surface area contributed by atoms with Gasteiger partial charge in [-0.05, 0) is 50.0 Å². The Kier molecular flexibility index (Phi) is 6.02. The second kappa shape index (κ2) is 8.72. The fraction of sp³-hybridized carbons (Fsp3) is 0.304. The summed E-state index contributed by atoms with van der Waals surface area (Å²) in [6.45, 7) is 1.81. The minimum Gasteiger partial charge on any atom is -0.507 e. The van der Waals surface area contributed by atoms with Crippen molar-refractivity contribution in [2.45, 2.75) is 6.04 Å². The van der Waals surface area contributed by atoms with Crippen molar-refractivity contribution < 1.29 is 24.2 Å². The summed E-state index contributed by atoms with van der Waals surface area (Å²) in [7, 11) is 3.81. The molecular weight excluding hydrogens is 464 g/mol. The minimum absolute atomic E-state index is 0.0720. The van der Waals surface area contributed by atoms with Crippen molar-refractivity contribution in [2.24, 2.45) is 0 Å². The SMILES string of the molecule is CN(C)CCN1C(=O)C(=O)/C(=C(/O)c2ccc3c(c2)OCCO3)C1c1ccc(Br)cc1. The number of hydrogen-bond acceptors (Lipinski definition) is 6. The Morgan fingerprint density at radius 3 is 2.45 bits per heavy atom. The average molecular weight is 487 g/mol. The van der Waals surface area contributed by atoms with Gasteiger partial charge in [0.2, 0.25) is 0 Å². The van der Waals surface area contributed by atoms with Crippen molar-refractivity contribution in [3.05, 3.63) is 63.6 Å². The van der Waals surface area contributed by atoms with Crippen LogP contribution in [0.3, 0.4) is 0 Å². The lowest BCUT2D eigenvalue weighted by molar-refractivity contribution is -0.140. The van der Waals surface area contributed by atoms with Gasteiger partial charge in [-0.1, -0.05) is 28.1 Å². The molecule has 1 N–H and O–H groups in total. The lowest BCUT2D eigenvalue weighted by Gasteiger charge is -2.26. The third-order valence-corrected chi connectivity index (χ3v) is 5.86. The van der Waals surface area contributed by atoms with Crippen molar-refractivity contribution >= 4 is 33.4 Å². The largest absolute Gasteiger partial charge is 0.507 e. The Labute approximate surface area is 189 Å². The molecule has 0 bridgehead atoms. The van der Waals surface area contributed by atoms with Gasteiger partial charge in [-0.25, -0.2) is 0 Å². The summed E-state index contributed by atoms with van der Waals surface area (Å²) in [5.74, 6) is -0.459. The highest BCUT2D eigenvalue weighted by Gasteiger charge is 2.45. The summed E-state index contributed by atoms with van der Waals surface area (Å²) in [6.07, 6.45) is 0. The zero-order chi connectivity index (χ0) is 22.1. The van der Waals surface area contributed by atoms with Crippen LogP contribution in [0.25, 0.3) is 5.76 Å². The fourth-order valence-corrected chi connectivity index (χ4v) is 4.02. The average Bonchev–Trinajstić information content (AvgIpc) is 3.02. The molecule has 7 nitrogen and oxygen atoms in total. The number of hydrogen-bond donors (Lipinski definition) is 1. The van der Waals surface area contributed by atoms with Gasteiger partial charge >= 0.3 is 0 Å². The maximum absolute atomic E-state index is 13.0. The molecule has 2 aliphatic rings. The predicted octanol–water partition coefficient (Wildman–Crippen LogP) is 3.20. The molecule has 162 valence electrons. The number of ketones is 1. The monoisotopic (exact) mass is 486 g/mol. The predicted molar refractivity (Wildman–Crippen MR) is 119 cm³/mol. The fourth-order valence-electron chi connectivity index (χ4n) is 3.76. The molecule has 4 rings (SSSR count). The number of likely N-dealkylation sites (tertiary alicyclic amines) is 1. The van der Waals surface area contributed by atoms with Crippen LogP contribution in [-0.2, 0) is 9.59 Å². The number of rotatable bonds is 5. The first-order valence-corrected chi connectivity index (χ1v) is 10.7. The number of nitrogens with zero attached hydrogens (tertiary/aromatic N) is 2. The third kappa shape index (κ3) is 4.18. The molecule has 1 fully saturated rings. The number of aliphatic hydroxyl groups is 1. The summed E-state index contributed by atoms with van der Waals surface area (Å²) >= 11 is 3.42. The lowest BCUT2D eigenvalue weighted by atomic mass is 9.95. The Balaban J connectivity index is 1.81. The molecule has 0 saturated carbocycles. The van der Waals surface area contributed by atoms with E-state index >= 15 is 0 Å². The van der Waals surface area contributed by atoms with E-state index in [1.54, 1.807) is 18.2 Å². The highest BCUT2D eigenvalue weighted by molar-refractivity contribution is 9.10. The van der Waals surface area contributed by atoms with E-state index in [0.29, 0.717) is 43.4 Å². The standard InChI is InChI=1S/C23H23BrN2O5/c1-25(2)9-10-26-20(14-3-6-16(24)7-4-14)19(22(28)23(26)29)21(27)15-5-8-17-18(13-15)31-12-11-30-17/h3-8,13,20,27H,9-12H2,1-2H3/b21-19+. The number of carbonyl (C=O) groups is 2. The van der Waals surface area contributed by atoms with Crippen molar-refractivity contribution in [3.8, 4) is 11.5 Å². The zero-order valence-electron chi connectivity index (χ0n) is 17.3. The maximum atomic E-state index is 13.0. The molecule has 2 aromatic rings. The normalized spacial score (nSPS) is 19.9. The van der Waals surface area contributed by atoms with Gasteiger partial charge in [-0.3, -0.25) is 9.59 Å². The number of amides is 1. The summed E-state index contributed by atoms with van der Waals surface area (Å²) < 4.78 is 12.0. The zero-order valence-corrected chi connectivity index (χ0v) is 18.9. The van der Waals surface area contributed by atoms with Gasteiger partial charge in [0.15, 0.2) is 11.5 Å². The van der Waals surface area contributed by atoms with E-state index in [1.807, 2.05) is 43.3 Å². The number of halogens is 1. The lowest BCUT2D eigenvalue weighted by Crippen LogP contribution is -2.35. The Bertz CT molecular complexity index is 1050. The van der Waals surface area contributed by atoms with Crippen LogP contribution in [0.5, 0.6) is 11.5 Å². The van der Waals surface area contributed by atoms with E-state index in [9.17, 15) is 14.7 Å². The van der Waals surface area contributed by atoms with Gasteiger partial charge in [-0.2, -0.15) is 0 Å². The first kappa shape index (κ1) is 21.4. The molecule has 1 atom stereocenters. The van der Waals surface area contributed by atoms with Crippen molar-refractivity contribution in [3.63, 3.8) is 0 Å². The minimum atomic E-state index is -0.695. The van der Waals surface area contributed by atoms with E-state index < -0.39 is 17.7 Å².